The highest BCUT2D eigenvalue weighted by Crippen LogP contribution is 2.12. The lowest BCUT2D eigenvalue weighted by molar-refractivity contribution is -0.131. The van der Waals surface area contributed by atoms with Crippen LogP contribution in [0.4, 0.5) is 0 Å². The molecule has 0 saturated carbocycles. The van der Waals surface area contributed by atoms with Crippen LogP contribution in [-0.2, 0) is 16.1 Å². The fraction of sp³-hybridized carbons (Fsp3) is 0.500. The zero-order chi connectivity index (χ0) is 12.8. The highest BCUT2D eigenvalue weighted by Gasteiger charge is 2.24. The average Bonchev–Trinajstić information content (AvgIpc) is 2.40. The summed E-state index contributed by atoms with van der Waals surface area (Å²) in [5.74, 6) is 0. The summed E-state index contributed by atoms with van der Waals surface area (Å²) in [5.41, 5.74) is 1.33. The van der Waals surface area contributed by atoms with E-state index in [1.165, 1.54) is 5.56 Å². The monoisotopic (exact) mass is 248 g/mol. The smallest absolute Gasteiger partial charge is 0.293 e. The van der Waals surface area contributed by atoms with Crippen LogP contribution in [0, 0.1) is 0 Å². The highest BCUT2D eigenvalue weighted by molar-refractivity contribution is 5.37. The number of hydrogen-bond acceptors (Lipinski definition) is 4. The number of piperazine rings is 1. The second kappa shape index (κ2) is 6.52. The molecule has 0 spiro atoms. The summed E-state index contributed by atoms with van der Waals surface area (Å²) in [6.07, 6.45) is 0. The SMILES string of the molecule is CN1CCN(Cc2ccccc2)CC1COC=O. The Morgan fingerprint density at radius 1 is 1.33 bits per heavy atom. The number of rotatable bonds is 5. The van der Waals surface area contributed by atoms with Crippen LogP contribution in [0.15, 0.2) is 30.3 Å². The zero-order valence-electron chi connectivity index (χ0n) is 10.8. The van der Waals surface area contributed by atoms with E-state index in [4.69, 9.17) is 4.74 Å². The second-order valence-electron chi connectivity index (χ2n) is 4.78. The van der Waals surface area contributed by atoms with Gasteiger partial charge in [0.25, 0.3) is 6.47 Å². The van der Waals surface area contributed by atoms with Crippen LogP contribution in [-0.4, -0.2) is 55.6 Å². The number of carbonyl (C=O) groups is 1. The lowest BCUT2D eigenvalue weighted by atomic mass is 10.1. The second-order valence-corrected chi connectivity index (χ2v) is 4.78. The van der Waals surface area contributed by atoms with E-state index in [-0.39, 0.29) is 0 Å². The molecule has 4 heteroatoms. The van der Waals surface area contributed by atoms with Gasteiger partial charge in [-0.1, -0.05) is 30.3 Å². The van der Waals surface area contributed by atoms with Gasteiger partial charge in [0, 0.05) is 26.2 Å². The molecule has 1 unspecified atom stereocenters. The third-order valence-corrected chi connectivity index (χ3v) is 3.47. The van der Waals surface area contributed by atoms with E-state index >= 15 is 0 Å². The molecular weight excluding hydrogens is 228 g/mol. The number of ether oxygens (including phenoxy) is 1. The Balaban J connectivity index is 1.88. The number of carbonyl (C=O) groups excluding carboxylic acids is 1. The van der Waals surface area contributed by atoms with Crippen molar-refractivity contribution in [2.24, 2.45) is 0 Å². The van der Waals surface area contributed by atoms with Gasteiger partial charge < -0.3 is 4.74 Å². The molecule has 1 aliphatic rings. The van der Waals surface area contributed by atoms with Gasteiger partial charge in [0.2, 0.25) is 0 Å². The van der Waals surface area contributed by atoms with E-state index < -0.39 is 0 Å². The summed E-state index contributed by atoms with van der Waals surface area (Å²) in [6.45, 7) is 4.99. The van der Waals surface area contributed by atoms with Crippen molar-refractivity contribution in [1.29, 1.82) is 0 Å². The molecule has 0 aliphatic carbocycles. The van der Waals surface area contributed by atoms with E-state index in [1.54, 1.807) is 0 Å². The Morgan fingerprint density at radius 2 is 2.11 bits per heavy atom. The largest absolute Gasteiger partial charge is 0.466 e. The van der Waals surface area contributed by atoms with Crippen LogP contribution in [0.1, 0.15) is 5.56 Å². The van der Waals surface area contributed by atoms with E-state index in [0.717, 1.165) is 26.2 Å². The molecule has 4 nitrogen and oxygen atoms in total. The number of benzene rings is 1. The molecule has 1 aromatic carbocycles. The van der Waals surface area contributed by atoms with E-state index in [0.29, 0.717) is 19.1 Å². The fourth-order valence-electron chi connectivity index (χ4n) is 2.33. The molecule has 1 aliphatic heterocycles. The maximum Gasteiger partial charge on any atom is 0.293 e. The molecule has 1 atom stereocenters. The summed E-state index contributed by atoms with van der Waals surface area (Å²) < 4.78 is 4.89. The van der Waals surface area contributed by atoms with Crippen molar-refractivity contribution in [3.63, 3.8) is 0 Å². The third-order valence-electron chi connectivity index (χ3n) is 3.47. The Labute approximate surface area is 108 Å². The van der Waals surface area contributed by atoms with Crippen molar-refractivity contribution in [2.45, 2.75) is 12.6 Å². The molecule has 1 heterocycles. The van der Waals surface area contributed by atoms with E-state index in [9.17, 15) is 4.79 Å². The molecule has 0 bridgehead atoms. The third kappa shape index (κ3) is 3.55. The standard InChI is InChI=1S/C14H20N2O2/c1-15-7-8-16(10-14(15)11-18-12-17)9-13-5-3-2-4-6-13/h2-6,12,14H,7-11H2,1H3. The van der Waals surface area contributed by atoms with Crippen LogP contribution >= 0.6 is 0 Å². The van der Waals surface area contributed by atoms with Gasteiger partial charge in [0.15, 0.2) is 0 Å². The first-order valence-corrected chi connectivity index (χ1v) is 6.31. The lowest BCUT2D eigenvalue weighted by Crippen LogP contribution is -2.52. The average molecular weight is 248 g/mol. The topological polar surface area (TPSA) is 32.8 Å². The van der Waals surface area contributed by atoms with Crippen molar-refractivity contribution < 1.29 is 9.53 Å². The first-order chi connectivity index (χ1) is 8.79. The van der Waals surface area contributed by atoms with Crippen LogP contribution in [0.2, 0.25) is 0 Å². The van der Waals surface area contributed by atoms with E-state index in [2.05, 4.69) is 41.1 Å². The van der Waals surface area contributed by atoms with Gasteiger partial charge in [-0.15, -0.1) is 0 Å². The lowest BCUT2D eigenvalue weighted by Gasteiger charge is -2.38. The summed E-state index contributed by atoms with van der Waals surface area (Å²) in [6, 6.07) is 10.8. The summed E-state index contributed by atoms with van der Waals surface area (Å²) in [5, 5.41) is 0. The number of hydrogen-bond donors (Lipinski definition) is 0. The van der Waals surface area contributed by atoms with Crippen molar-refractivity contribution in [3.8, 4) is 0 Å². The molecule has 18 heavy (non-hydrogen) atoms. The van der Waals surface area contributed by atoms with Crippen LogP contribution in [0.25, 0.3) is 0 Å². The quantitative estimate of drug-likeness (QED) is 0.727. The van der Waals surface area contributed by atoms with Gasteiger partial charge in [-0.25, -0.2) is 0 Å². The van der Waals surface area contributed by atoms with Gasteiger partial charge in [0.05, 0.1) is 6.04 Å². The summed E-state index contributed by atoms with van der Waals surface area (Å²) >= 11 is 0. The van der Waals surface area contributed by atoms with E-state index in [1.807, 2.05) is 6.07 Å². The molecule has 98 valence electrons. The van der Waals surface area contributed by atoms with Crippen molar-refractivity contribution in [3.05, 3.63) is 35.9 Å². The maximum absolute atomic E-state index is 10.3. The normalized spacial score (nSPS) is 21.7. The summed E-state index contributed by atoms with van der Waals surface area (Å²) in [4.78, 5) is 14.9. The molecular formula is C14H20N2O2. The van der Waals surface area contributed by atoms with Crippen LogP contribution in [0.3, 0.4) is 0 Å². The zero-order valence-corrected chi connectivity index (χ0v) is 10.8. The van der Waals surface area contributed by atoms with Crippen molar-refractivity contribution in [2.75, 3.05) is 33.3 Å². The maximum atomic E-state index is 10.3. The minimum atomic E-state index is 0.299. The van der Waals surface area contributed by atoms with Gasteiger partial charge >= 0.3 is 0 Å². The number of nitrogens with zero attached hydrogens (tertiary/aromatic N) is 2. The molecule has 2 rings (SSSR count). The van der Waals surface area contributed by atoms with Gasteiger partial charge in [-0.3, -0.25) is 14.6 Å². The van der Waals surface area contributed by atoms with Crippen molar-refractivity contribution in [1.82, 2.24) is 9.80 Å². The summed E-state index contributed by atoms with van der Waals surface area (Å²) in [7, 11) is 2.08. The van der Waals surface area contributed by atoms with Gasteiger partial charge in [-0.2, -0.15) is 0 Å². The van der Waals surface area contributed by atoms with Crippen LogP contribution in [0.5, 0.6) is 0 Å². The molecule has 1 fully saturated rings. The Morgan fingerprint density at radius 3 is 2.83 bits per heavy atom. The Kier molecular flexibility index (Phi) is 4.73. The molecule has 0 aromatic heterocycles. The predicted octanol–water partition coefficient (Wildman–Crippen LogP) is 0.976. The molecule has 1 saturated heterocycles. The highest BCUT2D eigenvalue weighted by atomic mass is 16.5. The minimum absolute atomic E-state index is 0.299. The number of likely N-dealkylation sites (N-methyl/N-ethyl adjacent to an activating group) is 1. The molecule has 0 N–H and O–H groups in total. The molecule has 0 amide bonds. The fourth-order valence-corrected chi connectivity index (χ4v) is 2.33. The van der Waals surface area contributed by atoms with Gasteiger partial charge in [-0.05, 0) is 12.6 Å². The van der Waals surface area contributed by atoms with Crippen LogP contribution < -0.4 is 0 Å². The molecule has 1 aromatic rings. The Bertz CT molecular complexity index is 369. The molecule has 0 radical (unpaired) electrons. The Hall–Kier alpha value is -1.39. The first-order valence-electron chi connectivity index (χ1n) is 6.31. The first kappa shape index (κ1) is 13.1. The predicted molar refractivity (Wildman–Crippen MR) is 70.2 cm³/mol. The van der Waals surface area contributed by atoms with Gasteiger partial charge in [0.1, 0.15) is 6.61 Å². The minimum Gasteiger partial charge on any atom is -0.466 e. The van der Waals surface area contributed by atoms with Crippen molar-refractivity contribution >= 4 is 6.47 Å².